The molecule has 31 heavy (non-hydrogen) atoms. The van der Waals surface area contributed by atoms with E-state index in [9.17, 15) is 9.59 Å². The Hall–Kier alpha value is -2.31. The average Bonchev–Trinajstić information content (AvgIpc) is 2.79. The van der Waals surface area contributed by atoms with Crippen molar-refractivity contribution in [2.45, 2.75) is 63.6 Å². The van der Waals surface area contributed by atoms with Crippen LogP contribution < -0.4 is 5.43 Å². The molecule has 1 N–H and O–H groups in total. The molecule has 0 bridgehead atoms. The van der Waals surface area contributed by atoms with Gasteiger partial charge in [-0.15, -0.1) is 11.8 Å². The van der Waals surface area contributed by atoms with E-state index in [1.165, 1.54) is 18.2 Å². The number of carbonyl (C=O) groups excluding carboxylic acids is 2. The summed E-state index contributed by atoms with van der Waals surface area (Å²) in [5.74, 6) is 0.277. The highest BCUT2D eigenvalue weighted by atomic mass is 32.2. The first-order valence-corrected chi connectivity index (χ1v) is 12.1. The maximum Gasteiger partial charge on any atom is 0.266 e. The van der Waals surface area contributed by atoms with Crippen molar-refractivity contribution in [3.05, 3.63) is 65.7 Å². The summed E-state index contributed by atoms with van der Waals surface area (Å²) in [7, 11) is 0. The molecular weight excluding hydrogens is 406 g/mol. The van der Waals surface area contributed by atoms with Gasteiger partial charge in [0.15, 0.2) is 0 Å². The lowest BCUT2D eigenvalue weighted by Gasteiger charge is -2.38. The normalized spacial score (nSPS) is 19.1. The zero-order valence-electron chi connectivity index (χ0n) is 18.7. The first-order chi connectivity index (χ1) is 15.0. The maximum absolute atomic E-state index is 13.0. The van der Waals surface area contributed by atoms with Crippen LogP contribution in [0.3, 0.4) is 0 Å². The highest BCUT2D eigenvalue weighted by molar-refractivity contribution is 8.00. The van der Waals surface area contributed by atoms with Gasteiger partial charge in [-0.05, 0) is 51.3 Å². The summed E-state index contributed by atoms with van der Waals surface area (Å²) < 4.78 is 0. The van der Waals surface area contributed by atoms with Crippen molar-refractivity contribution in [2.24, 2.45) is 0 Å². The number of hydrazine groups is 1. The van der Waals surface area contributed by atoms with Gasteiger partial charge in [0.1, 0.15) is 0 Å². The summed E-state index contributed by atoms with van der Waals surface area (Å²) >= 11 is 1.43. The molecule has 2 aromatic carbocycles. The van der Waals surface area contributed by atoms with Crippen LogP contribution in [0.1, 0.15) is 56.0 Å². The van der Waals surface area contributed by atoms with E-state index in [2.05, 4.69) is 24.3 Å². The van der Waals surface area contributed by atoms with E-state index in [1.807, 2.05) is 66.4 Å². The van der Waals surface area contributed by atoms with Crippen LogP contribution in [0.5, 0.6) is 0 Å². The highest BCUT2D eigenvalue weighted by Crippen LogP contribution is 2.25. The average molecular weight is 440 g/mol. The quantitative estimate of drug-likeness (QED) is 0.604. The minimum atomic E-state index is -0.104. The van der Waals surface area contributed by atoms with Crippen LogP contribution in [0.25, 0.3) is 0 Å². The third-order valence-corrected chi connectivity index (χ3v) is 6.92. The number of hydrogen-bond acceptors (Lipinski definition) is 4. The van der Waals surface area contributed by atoms with Gasteiger partial charge in [-0.25, -0.2) is 5.01 Å². The molecule has 0 unspecified atom stereocenters. The lowest BCUT2D eigenvalue weighted by Crippen LogP contribution is -2.54. The Morgan fingerprint density at radius 1 is 1.03 bits per heavy atom. The standard InChI is InChI=1S/C25H33N3O2S/c1-4-27(17-21-13-6-5-7-14-21)24(29)18-31-23-16-9-8-15-22(23)25(30)26-28-19(2)11-10-12-20(28)3/h5-9,13-16,19-20H,4,10-12,17-18H2,1-3H3,(H,26,30)/t19-,20-/m1/s1. The van der Waals surface area contributed by atoms with Gasteiger partial charge in [-0.2, -0.15) is 0 Å². The molecule has 6 heteroatoms. The molecule has 1 heterocycles. The van der Waals surface area contributed by atoms with Crippen LogP contribution in [0.15, 0.2) is 59.5 Å². The molecule has 5 nitrogen and oxygen atoms in total. The summed E-state index contributed by atoms with van der Waals surface area (Å²) in [4.78, 5) is 28.6. The van der Waals surface area contributed by atoms with Gasteiger partial charge in [-0.1, -0.05) is 48.9 Å². The minimum absolute atomic E-state index is 0.0739. The van der Waals surface area contributed by atoms with Crippen molar-refractivity contribution >= 4 is 23.6 Å². The molecule has 0 spiro atoms. The smallest absolute Gasteiger partial charge is 0.266 e. The van der Waals surface area contributed by atoms with E-state index in [4.69, 9.17) is 0 Å². The molecule has 1 saturated heterocycles. The topological polar surface area (TPSA) is 52.7 Å². The number of carbonyl (C=O) groups is 2. The third kappa shape index (κ3) is 6.34. The number of hydrogen-bond donors (Lipinski definition) is 1. The molecule has 2 atom stereocenters. The Bertz CT molecular complexity index is 864. The summed E-state index contributed by atoms with van der Waals surface area (Å²) in [5, 5.41) is 2.08. The van der Waals surface area contributed by atoms with Crippen LogP contribution in [-0.4, -0.2) is 46.1 Å². The molecule has 1 fully saturated rings. The molecule has 0 saturated carbocycles. The second kappa shape index (κ2) is 11.3. The van der Waals surface area contributed by atoms with E-state index in [1.54, 1.807) is 0 Å². The van der Waals surface area contributed by atoms with E-state index in [-0.39, 0.29) is 11.8 Å². The second-order valence-electron chi connectivity index (χ2n) is 8.16. The Morgan fingerprint density at radius 3 is 2.35 bits per heavy atom. The molecule has 2 amide bonds. The van der Waals surface area contributed by atoms with Crippen LogP contribution in [0.2, 0.25) is 0 Å². The molecule has 0 aliphatic carbocycles. The zero-order chi connectivity index (χ0) is 22.2. The van der Waals surface area contributed by atoms with Crippen molar-refractivity contribution in [3.63, 3.8) is 0 Å². The Morgan fingerprint density at radius 2 is 1.68 bits per heavy atom. The monoisotopic (exact) mass is 439 g/mol. The predicted octanol–water partition coefficient (Wildman–Crippen LogP) is 4.74. The predicted molar refractivity (Wildman–Crippen MR) is 127 cm³/mol. The molecule has 0 aromatic heterocycles. The number of amides is 2. The summed E-state index contributed by atoms with van der Waals surface area (Å²) in [6.07, 6.45) is 3.37. The third-order valence-electron chi connectivity index (χ3n) is 5.86. The van der Waals surface area contributed by atoms with Crippen LogP contribution in [-0.2, 0) is 11.3 Å². The fourth-order valence-electron chi connectivity index (χ4n) is 4.01. The summed E-state index contributed by atoms with van der Waals surface area (Å²) in [6, 6.07) is 18.2. The highest BCUT2D eigenvalue weighted by Gasteiger charge is 2.27. The van der Waals surface area contributed by atoms with Gasteiger partial charge < -0.3 is 4.90 Å². The van der Waals surface area contributed by atoms with E-state index in [0.29, 0.717) is 36.5 Å². The fraction of sp³-hybridized carbons (Fsp3) is 0.440. The number of nitrogens with zero attached hydrogens (tertiary/aromatic N) is 2. The first kappa shape index (κ1) is 23.4. The van der Waals surface area contributed by atoms with Crippen LogP contribution in [0, 0.1) is 0 Å². The summed E-state index contributed by atoms with van der Waals surface area (Å²) in [6.45, 7) is 7.56. The number of rotatable bonds is 8. The number of nitrogens with one attached hydrogen (secondary N) is 1. The van der Waals surface area contributed by atoms with Crippen molar-refractivity contribution in [1.82, 2.24) is 15.3 Å². The zero-order valence-corrected chi connectivity index (χ0v) is 19.5. The molecule has 3 rings (SSSR count). The van der Waals surface area contributed by atoms with Gasteiger partial charge in [-0.3, -0.25) is 15.0 Å². The molecule has 166 valence electrons. The SMILES string of the molecule is CCN(Cc1ccccc1)C(=O)CSc1ccccc1C(=O)NN1[C@H](C)CCC[C@H]1C. The van der Waals surface area contributed by atoms with Gasteiger partial charge >= 0.3 is 0 Å². The van der Waals surface area contributed by atoms with E-state index >= 15 is 0 Å². The van der Waals surface area contributed by atoms with Crippen molar-refractivity contribution in [2.75, 3.05) is 12.3 Å². The molecule has 1 aliphatic rings. The number of benzene rings is 2. The molecule has 2 aromatic rings. The number of piperidine rings is 1. The van der Waals surface area contributed by atoms with Crippen molar-refractivity contribution < 1.29 is 9.59 Å². The first-order valence-electron chi connectivity index (χ1n) is 11.1. The molecule has 0 radical (unpaired) electrons. The maximum atomic E-state index is 13.0. The van der Waals surface area contributed by atoms with Gasteiger partial charge in [0.25, 0.3) is 5.91 Å². The number of thioether (sulfide) groups is 1. The van der Waals surface area contributed by atoms with Crippen LogP contribution >= 0.6 is 11.8 Å². The Labute approximate surface area is 190 Å². The summed E-state index contributed by atoms with van der Waals surface area (Å²) in [5.41, 5.74) is 4.85. The van der Waals surface area contributed by atoms with Gasteiger partial charge in [0.05, 0.1) is 11.3 Å². The minimum Gasteiger partial charge on any atom is -0.338 e. The Balaban J connectivity index is 1.63. The van der Waals surface area contributed by atoms with Crippen LogP contribution in [0.4, 0.5) is 0 Å². The molecule has 1 aliphatic heterocycles. The fourth-order valence-corrected chi connectivity index (χ4v) is 4.96. The van der Waals surface area contributed by atoms with E-state index < -0.39 is 0 Å². The largest absolute Gasteiger partial charge is 0.338 e. The molecular formula is C25H33N3O2S. The van der Waals surface area contributed by atoms with Gasteiger partial charge in [0.2, 0.25) is 5.91 Å². The lowest BCUT2D eigenvalue weighted by atomic mass is 10.00. The Kier molecular flexibility index (Phi) is 8.55. The van der Waals surface area contributed by atoms with Gasteiger partial charge in [0, 0.05) is 30.1 Å². The van der Waals surface area contributed by atoms with E-state index in [0.717, 1.165) is 23.3 Å². The lowest BCUT2D eigenvalue weighted by molar-refractivity contribution is -0.128. The second-order valence-corrected chi connectivity index (χ2v) is 9.17. The van der Waals surface area contributed by atoms with Crippen molar-refractivity contribution in [1.29, 1.82) is 0 Å². The van der Waals surface area contributed by atoms with Crippen molar-refractivity contribution in [3.8, 4) is 0 Å².